The normalized spacial score (nSPS) is 9.53. The van der Waals surface area contributed by atoms with Gasteiger partial charge in [-0.1, -0.05) is 17.7 Å². The molecular weight excluding hydrogens is 193 g/mol. The highest BCUT2D eigenvalue weighted by Gasteiger charge is 1.97. The van der Waals surface area contributed by atoms with E-state index in [1.165, 1.54) is 18.2 Å². The van der Waals surface area contributed by atoms with Crippen LogP contribution in [0, 0.1) is 5.82 Å². The Labute approximate surface area is 88.8 Å². The zero-order valence-corrected chi connectivity index (χ0v) is 8.88. The topological polar surface area (TPSA) is 29.1 Å². The van der Waals surface area contributed by atoms with Gasteiger partial charge >= 0.3 is 0 Å². The molecular formula is C12H14FNO. The third kappa shape index (κ3) is 4.40. The third-order valence-electron chi connectivity index (χ3n) is 1.80. The first kappa shape index (κ1) is 11.4. The Kier molecular flexibility index (Phi) is 4.03. The highest BCUT2D eigenvalue weighted by atomic mass is 19.1. The third-order valence-corrected chi connectivity index (χ3v) is 1.80. The number of halogens is 1. The monoisotopic (exact) mass is 207 g/mol. The fourth-order valence-corrected chi connectivity index (χ4v) is 1.10. The van der Waals surface area contributed by atoms with E-state index >= 15 is 0 Å². The van der Waals surface area contributed by atoms with E-state index in [9.17, 15) is 9.18 Å². The summed E-state index contributed by atoms with van der Waals surface area (Å²) in [5.74, 6) is -0.395. The van der Waals surface area contributed by atoms with Gasteiger partial charge in [-0.05, 0) is 31.5 Å². The largest absolute Gasteiger partial charge is 0.348 e. The molecule has 1 N–H and O–H groups in total. The molecule has 1 amide bonds. The fraction of sp³-hybridized carbons (Fsp3) is 0.250. The van der Waals surface area contributed by atoms with E-state index in [0.717, 1.165) is 11.1 Å². The molecule has 2 nitrogen and oxygen atoms in total. The highest BCUT2D eigenvalue weighted by Crippen LogP contribution is 2.02. The van der Waals surface area contributed by atoms with E-state index < -0.39 is 0 Å². The van der Waals surface area contributed by atoms with Crippen LogP contribution in [-0.2, 0) is 11.3 Å². The quantitative estimate of drug-likeness (QED) is 0.758. The van der Waals surface area contributed by atoms with Gasteiger partial charge in [-0.3, -0.25) is 4.79 Å². The molecule has 0 heterocycles. The molecule has 0 saturated heterocycles. The average Bonchev–Trinajstić information content (AvgIpc) is 2.16. The Morgan fingerprint density at radius 2 is 1.93 bits per heavy atom. The van der Waals surface area contributed by atoms with E-state index in [2.05, 4.69) is 5.32 Å². The molecule has 3 heteroatoms. The van der Waals surface area contributed by atoms with E-state index in [-0.39, 0.29) is 11.7 Å². The molecule has 80 valence electrons. The van der Waals surface area contributed by atoms with Gasteiger partial charge in [-0.25, -0.2) is 4.39 Å². The molecule has 0 bridgehead atoms. The first-order valence-electron chi connectivity index (χ1n) is 4.75. The van der Waals surface area contributed by atoms with Crippen molar-refractivity contribution in [1.82, 2.24) is 5.32 Å². The molecule has 1 aromatic rings. The van der Waals surface area contributed by atoms with Gasteiger partial charge in [0, 0.05) is 12.6 Å². The molecule has 0 aliphatic heterocycles. The second kappa shape index (κ2) is 5.29. The van der Waals surface area contributed by atoms with Crippen LogP contribution in [0.5, 0.6) is 0 Å². The van der Waals surface area contributed by atoms with Gasteiger partial charge in [0.1, 0.15) is 5.82 Å². The second-order valence-corrected chi connectivity index (χ2v) is 3.57. The summed E-state index contributed by atoms with van der Waals surface area (Å²) in [4.78, 5) is 11.2. The Morgan fingerprint density at radius 3 is 2.47 bits per heavy atom. The number of nitrogens with one attached hydrogen (secondary N) is 1. The number of amides is 1. The Balaban J connectivity index is 2.47. The van der Waals surface area contributed by atoms with Crippen molar-refractivity contribution in [3.05, 3.63) is 47.3 Å². The van der Waals surface area contributed by atoms with Gasteiger partial charge in [0.2, 0.25) is 5.91 Å². The summed E-state index contributed by atoms with van der Waals surface area (Å²) in [5.41, 5.74) is 1.83. The molecule has 0 aliphatic rings. The van der Waals surface area contributed by atoms with Crippen LogP contribution >= 0.6 is 0 Å². The summed E-state index contributed by atoms with van der Waals surface area (Å²) in [6, 6.07) is 6.06. The van der Waals surface area contributed by atoms with Crippen molar-refractivity contribution < 1.29 is 9.18 Å². The van der Waals surface area contributed by atoms with Crippen LogP contribution in [0.3, 0.4) is 0 Å². The van der Waals surface area contributed by atoms with Gasteiger partial charge in [-0.2, -0.15) is 0 Å². The number of hydrogen-bond donors (Lipinski definition) is 1. The van der Waals surface area contributed by atoms with Gasteiger partial charge in [0.05, 0.1) is 0 Å². The molecule has 0 saturated carbocycles. The maximum Gasteiger partial charge on any atom is 0.244 e. The maximum absolute atomic E-state index is 12.6. The average molecular weight is 207 g/mol. The minimum absolute atomic E-state index is 0.126. The smallest absolute Gasteiger partial charge is 0.244 e. The van der Waals surface area contributed by atoms with Crippen molar-refractivity contribution in [2.75, 3.05) is 0 Å². The Bertz CT molecular complexity index is 364. The number of carbonyl (C=O) groups is 1. The molecule has 0 unspecified atom stereocenters. The summed E-state index contributed by atoms with van der Waals surface area (Å²) in [6.45, 7) is 4.14. The molecule has 1 rings (SSSR count). The molecule has 0 radical (unpaired) electrons. The predicted molar refractivity (Wildman–Crippen MR) is 57.7 cm³/mol. The number of allylic oxidation sites excluding steroid dienone is 1. The molecule has 0 atom stereocenters. The lowest BCUT2D eigenvalue weighted by molar-refractivity contribution is -0.116. The fourth-order valence-electron chi connectivity index (χ4n) is 1.10. The standard InChI is InChI=1S/C12H14FNO/c1-9(2)7-12(15)14-8-10-3-5-11(13)6-4-10/h3-7H,8H2,1-2H3,(H,14,15). The predicted octanol–water partition coefficient (Wildman–Crippen LogP) is 2.41. The Hall–Kier alpha value is -1.64. The van der Waals surface area contributed by atoms with Crippen molar-refractivity contribution >= 4 is 5.91 Å². The van der Waals surface area contributed by atoms with E-state index in [1.807, 2.05) is 13.8 Å². The lowest BCUT2D eigenvalue weighted by Crippen LogP contribution is -2.20. The first-order chi connectivity index (χ1) is 7.08. The van der Waals surface area contributed by atoms with Gasteiger partial charge in [-0.15, -0.1) is 0 Å². The van der Waals surface area contributed by atoms with Gasteiger partial charge in [0.15, 0.2) is 0 Å². The minimum Gasteiger partial charge on any atom is -0.348 e. The van der Waals surface area contributed by atoms with E-state index in [1.54, 1.807) is 12.1 Å². The highest BCUT2D eigenvalue weighted by molar-refractivity contribution is 5.87. The van der Waals surface area contributed by atoms with Crippen molar-refractivity contribution in [3.8, 4) is 0 Å². The lowest BCUT2D eigenvalue weighted by Gasteiger charge is -2.02. The molecule has 0 spiro atoms. The molecule has 15 heavy (non-hydrogen) atoms. The zero-order chi connectivity index (χ0) is 11.3. The summed E-state index contributed by atoms with van der Waals surface area (Å²) in [5, 5.41) is 2.71. The number of rotatable bonds is 3. The summed E-state index contributed by atoms with van der Waals surface area (Å²) in [7, 11) is 0. The summed E-state index contributed by atoms with van der Waals surface area (Å²) < 4.78 is 12.6. The first-order valence-corrected chi connectivity index (χ1v) is 4.75. The molecule has 0 fully saturated rings. The van der Waals surface area contributed by atoms with Crippen LogP contribution in [-0.4, -0.2) is 5.91 Å². The SMILES string of the molecule is CC(C)=CC(=O)NCc1ccc(F)cc1. The van der Waals surface area contributed by atoms with E-state index in [4.69, 9.17) is 0 Å². The van der Waals surface area contributed by atoms with Gasteiger partial charge < -0.3 is 5.32 Å². The zero-order valence-electron chi connectivity index (χ0n) is 8.88. The Morgan fingerprint density at radius 1 is 1.33 bits per heavy atom. The van der Waals surface area contributed by atoms with Crippen molar-refractivity contribution in [2.24, 2.45) is 0 Å². The van der Waals surface area contributed by atoms with Crippen LogP contribution in [0.25, 0.3) is 0 Å². The second-order valence-electron chi connectivity index (χ2n) is 3.57. The number of benzene rings is 1. The lowest BCUT2D eigenvalue weighted by atomic mass is 10.2. The van der Waals surface area contributed by atoms with Crippen LogP contribution in [0.1, 0.15) is 19.4 Å². The molecule has 0 aliphatic carbocycles. The van der Waals surface area contributed by atoms with Gasteiger partial charge in [0.25, 0.3) is 0 Å². The molecule has 1 aromatic carbocycles. The van der Waals surface area contributed by atoms with Crippen LogP contribution < -0.4 is 5.32 Å². The summed E-state index contributed by atoms with van der Waals surface area (Å²) >= 11 is 0. The van der Waals surface area contributed by atoms with Crippen LogP contribution in [0.2, 0.25) is 0 Å². The van der Waals surface area contributed by atoms with Crippen LogP contribution in [0.4, 0.5) is 4.39 Å². The van der Waals surface area contributed by atoms with Crippen LogP contribution in [0.15, 0.2) is 35.9 Å². The number of carbonyl (C=O) groups excluding carboxylic acids is 1. The van der Waals surface area contributed by atoms with Crippen molar-refractivity contribution in [2.45, 2.75) is 20.4 Å². The van der Waals surface area contributed by atoms with Crippen molar-refractivity contribution in [3.63, 3.8) is 0 Å². The van der Waals surface area contributed by atoms with E-state index in [0.29, 0.717) is 6.54 Å². The summed E-state index contributed by atoms with van der Waals surface area (Å²) in [6.07, 6.45) is 1.53. The molecule has 0 aromatic heterocycles. The maximum atomic E-state index is 12.6. The minimum atomic E-state index is -0.269. The number of hydrogen-bond acceptors (Lipinski definition) is 1. The van der Waals surface area contributed by atoms with Crippen molar-refractivity contribution in [1.29, 1.82) is 0 Å².